The van der Waals surface area contributed by atoms with Crippen molar-refractivity contribution in [3.05, 3.63) is 93.0 Å². The molecule has 13 heteroatoms. The third kappa shape index (κ3) is 6.91. The molecule has 1 atom stereocenters. The molecule has 1 heterocycles. The SMILES string of the molecule is O=C(NCc1ccc(C(F)(F)F)nc1)c1ccc(N(CCc2cccc(Cl)c2Cl)S(=O)[O-])cc1F. The van der Waals surface area contributed by atoms with Crippen LogP contribution in [0.5, 0.6) is 0 Å². The molecule has 3 rings (SSSR count). The molecule has 1 unspecified atom stereocenters. The first-order valence-electron chi connectivity index (χ1n) is 9.87. The van der Waals surface area contributed by atoms with Crippen LogP contribution in [0.25, 0.3) is 0 Å². The average Bonchev–Trinajstić information content (AvgIpc) is 2.80. The summed E-state index contributed by atoms with van der Waals surface area (Å²) in [5, 5.41) is 2.98. The number of carbonyl (C=O) groups is 1. The smallest absolute Gasteiger partial charge is 0.433 e. The molecule has 0 fully saturated rings. The summed E-state index contributed by atoms with van der Waals surface area (Å²) in [7, 11) is 0. The minimum Gasteiger partial charge on any atom is -0.755 e. The number of carbonyl (C=O) groups excluding carboxylic acids is 1. The maximum absolute atomic E-state index is 14.7. The molecule has 2 aromatic carbocycles. The Morgan fingerprint density at radius 1 is 1.14 bits per heavy atom. The Labute approximate surface area is 210 Å². The third-order valence-corrected chi connectivity index (χ3v) is 6.46. The zero-order valence-electron chi connectivity index (χ0n) is 17.6. The summed E-state index contributed by atoms with van der Waals surface area (Å²) in [6.07, 6.45) is -3.44. The van der Waals surface area contributed by atoms with E-state index in [2.05, 4.69) is 10.3 Å². The van der Waals surface area contributed by atoms with E-state index in [1.165, 1.54) is 6.07 Å². The highest BCUT2D eigenvalue weighted by molar-refractivity contribution is 7.80. The van der Waals surface area contributed by atoms with E-state index in [4.69, 9.17) is 23.2 Å². The van der Waals surface area contributed by atoms with Crippen LogP contribution < -0.4 is 9.62 Å². The first-order valence-corrected chi connectivity index (χ1v) is 11.7. The number of alkyl halides is 3. The number of nitrogens with one attached hydrogen (secondary N) is 1. The first kappa shape index (κ1) is 26.9. The lowest BCUT2D eigenvalue weighted by molar-refractivity contribution is -0.141. The summed E-state index contributed by atoms with van der Waals surface area (Å²) in [5.74, 6) is -1.82. The van der Waals surface area contributed by atoms with Crippen molar-refractivity contribution in [2.75, 3.05) is 10.8 Å². The van der Waals surface area contributed by atoms with Gasteiger partial charge in [0.15, 0.2) is 0 Å². The molecule has 6 nitrogen and oxygen atoms in total. The summed E-state index contributed by atoms with van der Waals surface area (Å²) >= 11 is 9.34. The Morgan fingerprint density at radius 2 is 1.89 bits per heavy atom. The number of aromatic nitrogens is 1. The number of amides is 1. The standard InChI is InChI=1S/C22H17Cl2F4N3O3S/c23-17-3-1-2-14(20(17)24)8-9-31(35(33)34)15-5-6-16(18(25)10-15)21(32)30-12-13-4-7-19(29-11-13)22(26,27)28/h1-7,10-11H,8-9,12H2,(H,30,32)(H,33,34)/p-1. The van der Waals surface area contributed by atoms with Gasteiger partial charge in [-0.3, -0.25) is 14.0 Å². The zero-order chi connectivity index (χ0) is 25.8. The van der Waals surface area contributed by atoms with Crippen LogP contribution in [-0.4, -0.2) is 26.2 Å². The van der Waals surface area contributed by atoms with E-state index >= 15 is 0 Å². The lowest BCUT2D eigenvalue weighted by atomic mass is 10.1. The lowest BCUT2D eigenvalue weighted by Crippen LogP contribution is -2.28. The van der Waals surface area contributed by atoms with Crippen molar-refractivity contribution in [3.63, 3.8) is 0 Å². The van der Waals surface area contributed by atoms with Gasteiger partial charge in [0.2, 0.25) is 0 Å². The van der Waals surface area contributed by atoms with Gasteiger partial charge in [-0.15, -0.1) is 0 Å². The predicted molar refractivity (Wildman–Crippen MR) is 123 cm³/mol. The fourth-order valence-corrected chi connectivity index (χ4v) is 4.01. The van der Waals surface area contributed by atoms with E-state index in [0.29, 0.717) is 10.6 Å². The van der Waals surface area contributed by atoms with Crippen LogP contribution in [0.2, 0.25) is 10.0 Å². The first-order chi connectivity index (χ1) is 16.5. The quantitative estimate of drug-likeness (QED) is 0.305. The molecule has 0 saturated carbocycles. The second-order valence-corrected chi connectivity index (χ2v) is 8.84. The van der Waals surface area contributed by atoms with Gasteiger partial charge in [0, 0.05) is 30.6 Å². The van der Waals surface area contributed by atoms with Crippen molar-refractivity contribution in [1.82, 2.24) is 10.3 Å². The number of hydrogen-bond donors (Lipinski definition) is 1. The van der Waals surface area contributed by atoms with Gasteiger partial charge in [0.1, 0.15) is 11.5 Å². The van der Waals surface area contributed by atoms with Crippen molar-refractivity contribution in [2.45, 2.75) is 19.1 Å². The lowest BCUT2D eigenvalue weighted by Gasteiger charge is -2.27. The maximum Gasteiger partial charge on any atom is 0.433 e. The van der Waals surface area contributed by atoms with Gasteiger partial charge < -0.3 is 14.2 Å². The van der Waals surface area contributed by atoms with E-state index in [-0.39, 0.29) is 41.3 Å². The van der Waals surface area contributed by atoms with Crippen LogP contribution in [0.3, 0.4) is 0 Å². The molecular formula is C22H16Cl2F4N3O3S-. The van der Waals surface area contributed by atoms with Crippen molar-refractivity contribution in [2.24, 2.45) is 0 Å². The van der Waals surface area contributed by atoms with Crippen LogP contribution in [0, 0.1) is 5.82 Å². The van der Waals surface area contributed by atoms with Crippen LogP contribution in [-0.2, 0) is 30.4 Å². The minimum atomic E-state index is -4.59. The highest BCUT2D eigenvalue weighted by Gasteiger charge is 2.32. The molecule has 0 aliphatic carbocycles. The summed E-state index contributed by atoms with van der Waals surface area (Å²) < 4.78 is 76.8. The molecule has 35 heavy (non-hydrogen) atoms. The Hall–Kier alpha value is -2.73. The van der Waals surface area contributed by atoms with Crippen molar-refractivity contribution >= 4 is 46.1 Å². The Balaban J connectivity index is 1.68. The van der Waals surface area contributed by atoms with Crippen LogP contribution in [0.15, 0.2) is 54.7 Å². The fourth-order valence-electron chi connectivity index (χ4n) is 3.07. The molecule has 1 amide bonds. The Morgan fingerprint density at radius 3 is 2.49 bits per heavy atom. The van der Waals surface area contributed by atoms with Gasteiger partial charge in [0.25, 0.3) is 5.91 Å². The topological polar surface area (TPSA) is 85.4 Å². The molecule has 3 aromatic rings. The van der Waals surface area contributed by atoms with E-state index in [1.54, 1.807) is 18.2 Å². The second-order valence-electron chi connectivity index (χ2n) is 7.18. The average molecular weight is 549 g/mol. The minimum absolute atomic E-state index is 0.0162. The molecular weight excluding hydrogens is 533 g/mol. The third-order valence-electron chi connectivity index (χ3n) is 4.85. The Bertz CT molecular complexity index is 1240. The van der Waals surface area contributed by atoms with E-state index < -0.39 is 34.9 Å². The van der Waals surface area contributed by atoms with E-state index in [0.717, 1.165) is 34.8 Å². The molecule has 0 saturated heterocycles. The molecule has 0 radical (unpaired) electrons. The number of anilines is 1. The van der Waals surface area contributed by atoms with Gasteiger partial charge in [-0.1, -0.05) is 41.4 Å². The number of hydrogen-bond acceptors (Lipinski definition) is 4. The fraction of sp³-hybridized carbons (Fsp3) is 0.182. The predicted octanol–water partition coefficient (Wildman–Crippen LogP) is 5.32. The summed E-state index contributed by atoms with van der Waals surface area (Å²) in [5.41, 5.74) is -0.590. The number of halogens is 6. The van der Waals surface area contributed by atoms with Gasteiger partial charge in [-0.05, 0) is 47.9 Å². The normalized spacial score (nSPS) is 12.3. The summed E-state index contributed by atoms with van der Waals surface area (Å²) in [6, 6.07) is 10.1. The summed E-state index contributed by atoms with van der Waals surface area (Å²) in [4.78, 5) is 15.6. The van der Waals surface area contributed by atoms with Gasteiger partial charge in [0.05, 0.1) is 21.3 Å². The van der Waals surface area contributed by atoms with Crippen LogP contribution in [0.4, 0.5) is 23.2 Å². The molecule has 186 valence electrons. The van der Waals surface area contributed by atoms with Gasteiger partial charge >= 0.3 is 6.18 Å². The number of pyridine rings is 1. The Kier molecular flexibility index (Phi) is 8.70. The van der Waals surface area contributed by atoms with E-state index in [9.17, 15) is 31.1 Å². The van der Waals surface area contributed by atoms with E-state index in [1.807, 2.05) is 0 Å². The maximum atomic E-state index is 14.7. The van der Waals surface area contributed by atoms with Crippen LogP contribution >= 0.6 is 23.2 Å². The number of rotatable bonds is 8. The number of benzene rings is 2. The summed E-state index contributed by atoms with van der Waals surface area (Å²) in [6.45, 7) is -0.260. The highest BCUT2D eigenvalue weighted by Crippen LogP contribution is 2.28. The largest absolute Gasteiger partial charge is 0.755 e. The molecule has 0 spiro atoms. The van der Waals surface area contributed by atoms with Crippen molar-refractivity contribution < 1.29 is 31.1 Å². The highest BCUT2D eigenvalue weighted by atomic mass is 35.5. The van der Waals surface area contributed by atoms with Gasteiger partial charge in [-0.25, -0.2) is 4.39 Å². The molecule has 0 aliphatic rings. The molecule has 0 aliphatic heterocycles. The second kappa shape index (κ2) is 11.3. The number of nitrogens with zero attached hydrogens (tertiary/aromatic N) is 2. The van der Waals surface area contributed by atoms with Gasteiger partial charge in [-0.2, -0.15) is 13.2 Å². The zero-order valence-corrected chi connectivity index (χ0v) is 19.9. The molecule has 0 bridgehead atoms. The molecule has 1 aromatic heterocycles. The molecule has 1 N–H and O–H groups in total. The monoisotopic (exact) mass is 548 g/mol. The van der Waals surface area contributed by atoms with Crippen molar-refractivity contribution in [1.29, 1.82) is 0 Å². The van der Waals surface area contributed by atoms with Crippen molar-refractivity contribution in [3.8, 4) is 0 Å². The van der Waals surface area contributed by atoms with Crippen LogP contribution in [0.1, 0.15) is 27.2 Å².